The van der Waals surface area contributed by atoms with Gasteiger partial charge in [-0.3, -0.25) is 0 Å². The highest BCUT2D eigenvalue weighted by atomic mass is 16.3. The van der Waals surface area contributed by atoms with Gasteiger partial charge in [0.25, 0.3) is 0 Å². The molecule has 0 aliphatic heterocycles. The maximum Gasteiger partial charge on any atom is 0.144 e. The van der Waals surface area contributed by atoms with Crippen LogP contribution < -0.4 is 0 Å². The summed E-state index contributed by atoms with van der Waals surface area (Å²) in [5, 5.41) is 19.8. The summed E-state index contributed by atoms with van der Waals surface area (Å²) in [5.41, 5.74) is 0.507. The fourth-order valence-corrected chi connectivity index (χ4v) is 9.05. The summed E-state index contributed by atoms with van der Waals surface area (Å²) in [6, 6.07) is 3.85. The average molecular weight is 422 g/mol. The first-order chi connectivity index (χ1) is 14.8. The highest BCUT2D eigenvalue weighted by molar-refractivity contribution is 5.18. The molecule has 1 heterocycles. The predicted octanol–water partition coefficient (Wildman–Crippen LogP) is 5.55. The molecule has 4 aliphatic rings. The average Bonchev–Trinajstić information content (AvgIpc) is 3.10. The van der Waals surface area contributed by atoms with Gasteiger partial charge in [0.2, 0.25) is 0 Å². The molecule has 5 rings (SSSR count). The molecule has 0 radical (unpaired) electrons. The number of nitriles is 1. The third-order valence-electron chi connectivity index (χ3n) is 10.3. The lowest BCUT2D eigenvalue weighted by Crippen LogP contribution is -2.50. The summed E-state index contributed by atoms with van der Waals surface area (Å²) in [5.74, 6) is 6.42. The van der Waals surface area contributed by atoms with E-state index in [2.05, 4.69) is 36.8 Å². The molecule has 168 valence electrons. The van der Waals surface area contributed by atoms with Crippen molar-refractivity contribution >= 4 is 0 Å². The molecule has 0 aromatic carbocycles. The Kier molecular flexibility index (Phi) is 5.40. The van der Waals surface area contributed by atoms with Crippen LogP contribution in [0.3, 0.4) is 0 Å². The molecule has 0 bridgehead atoms. The van der Waals surface area contributed by atoms with Crippen molar-refractivity contribution in [2.75, 3.05) is 0 Å². The van der Waals surface area contributed by atoms with Crippen LogP contribution in [-0.4, -0.2) is 20.7 Å². The van der Waals surface area contributed by atoms with Gasteiger partial charge in [0.05, 0.1) is 5.60 Å². The Morgan fingerprint density at radius 3 is 2.71 bits per heavy atom. The summed E-state index contributed by atoms with van der Waals surface area (Å²) < 4.78 is 0. The molecule has 0 spiro atoms. The molecule has 1 unspecified atom stereocenters. The monoisotopic (exact) mass is 421 g/mol. The summed E-state index contributed by atoms with van der Waals surface area (Å²) in [4.78, 5) is 8.92. The van der Waals surface area contributed by atoms with Gasteiger partial charge in [-0.1, -0.05) is 13.8 Å². The van der Waals surface area contributed by atoms with Crippen LogP contribution in [0.2, 0.25) is 0 Å². The number of aromatic nitrogens is 2. The van der Waals surface area contributed by atoms with Gasteiger partial charge in [0.15, 0.2) is 0 Å². The van der Waals surface area contributed by atoms with Gasteiger partial charge in [-0.2, -0.15) is 5.26 Å². The lowest BCUT2D eigenvalue weighted by molar-refractivity contribution is -0.102. The zero-order chi connectivity index (χ0) is 21.8. The molecule has 4 aliphatic carbocycles. The Bertz CT molecular complexity index is 860. The second-order valence-electron chi connectivity index (χ2n) is 12.1. The maximum absolute atomic E-state index is 10.6. The van der Waals surface area contributed by atoms with E-state index in [1.165, 1.54) is 44.9 Å². The molecule has 0 saturated heterocycles. The molecule has 4 saturated carbocycles. The minimum atomic E-state index is -0.421. The Morgan fingerprint density at radius 2 is 1.90 bits per heavy atom. The number of aliphatic hydroxyl groups is 1. The molecule has 1 N–H and O–H groups in total. The van der Waals surface area contributed by atoms with E-state index < -0.39 is 5.60 Å². The quantitative estimate of drug-likeness (QED) is 0.695. The van der Waals surface area contributed by atoms with E-state index in [-0.39, 0.29) is 0 Å². The Labute approximate surface area is 187 Å². The summed E-state index contributed by atoms with van der Waals surface area (Å²) in [6.07, 6.45) is 14.1. The van der Waals surface area contributed by atoms with Crippen LogP contribution in [0, 0.1) is 58.2 Å². The summed E-state index contributed by atoms with van der Waals surface area (Å²) in [6.45, 7) is 7.06. The second kappa shape index (κ2) is 7.84. The highest BCUT2D eigenvalue weighted by Crippen LogP contribution is 2.65. The summed E-state index contributed by atoms with van der Waals surface area (Å²) >= 11 is 0. The highest BCUT2D eigenvalue weighted by Gasteiger charge is 2.58. The molecule has 4 nitrogen and oxygen atoms in total. The van der Waals surface area contributed by atoms with E-state index in [1.807, 2.05) is 0 Å². The SMILES string of the molecule is C[C@H](Cc1nccc(C#N)n1)C1CC[C@H]2[C@@H]3CC[C@@H]4C[C@](C)(O)CC[C@@H]4[C@H]3CC[C@]12C. The van der Waals surface area contributed by atoms with Crippen molar-refractivity contribution in [2.24, 2.45) is 46.8 Å². The van der Waals surface area contributed by atoms with Crippen molar-refractivity contribution in [3.05, 3.63) is 23.8 Å². The van der Waals surface area contributed by atoms with Gasteiger partial charge in [-0.25, -0.2) is 9.97 Å². The van der Waals surface area contributed by atoms with Gasteiger partial charge in [-0.15, -0.1) is 0 Å². The van der Waals surface area contributed by atoms with Crippen molar-refractivity contribution in [1.82, 2.24) is 9.97 Å². The van der Waals surface area contributed by atoms with Crippen molar-refractivity contribution < 1.29 is 5.11 Å². The lowest BCUT2D eigenvalue weighted by Gasteiger charge is -2.57. The van der Waals surface area contributed by atoms with E-state index in [0.717, 1.165) is 60.6 Å². The topological polar surface area (TPSA) is 69.8 Å². The molecule has 4 fully saturated rings. The fraction of sp³-hybridized carbons (Fsp3) is 0.815. The third-order valence-corrected chi connectivity index (χ3v) is 10.3. The van der Waals surface area contributed by atoms with Crippen LogP contribution in [0.4, 0.5) is 0 Å². The van der Waals surface area contributed by atoms with E-state index in [9.17, 15) is 5.11 Å². The van der Waals surface area contributed by atoms with E-state index >= 15 is 0 Å². The van der Waals surface area contributed by atoms with Crippen LogP contribution in [0.25, 0.3) is 0 Å². The minimum absolute atomic E-state index is 0.421. The number of rotatable bonds is 3. The minimum Gasteiger partial charge on any atom is -0.390 e. The molecule has 1 aromatic heterocycles. The van der Waals surface area contributed by atoms with Crippen LogP contribution in [0.1, 0.15) is 90.1 Å². The number of nitrogens with zero attached hydrogens (tertiary/aromatic N) is 3. The van der Waals surface area contributed by atoms with E-state index in [1.54, 1.807) is 12.3 Å². The van der Waals surface area contributed by atoms with Gasteiger partial charge in [0.1, 0.15) is 17.6 Å². The van der Waals surface area contributed by atoms with Gasteiger partial charge >= 0.3 is 0 Å². The van der Waals surface area contributed by atoms with Crippen molar-refractivity contribution in [1.29, 1.82) is 5.26 Å². The smallest absolute Gasteiger partial charge is 0.144 e. The van der Waals surface area contributed by atoms with Crippen LogP contribution in [-0.2, 0) is 6.42 Å². The molecule has 4 heteroatoms. The van der Waals surface area contributed by atoms with Gasteiger partial charge in [0, 0.05) is 12.6 Å². The third kappa shape index (κ3) is 3.71. The zero-order valence-electron chi connectivity index (χ0n) is 19.6. The maximum atomic E-state index is 10.6. The number of fused-ring (bicyclic) bond motifs is 5. The predicted molar refractivity (Wildman–Crippen MR) is 121 cm³/mol. The lowest BCUT2D eigenvalue weighted by atomic mass is 9.48. The van der Waals surface area contributed by atoms with Crippen molar-refractivity contribution in [3.63, 3.8) is 0 Å². The first-order valence-corrected chi connectivity index (χ1v) is 12.7. The molecular weight excluding hydrogens is 382 g/mol. The van der Waals surface area contributed by atoms with Crippen LogP contribution in [0.5, 0.6) is 0 Å². The normalized spacial score (nSPS) is 45.1. The summed E-state index contributed by atoms with van der Waals surface area (Å²) in [7, 11) is 0. The Hall–Kier alpha value is -1.47. The molecule has 31 heavy (non-hydrogen) atoms. The van der Waals surface area contributed by atoms with Crippen molar-refractivity contribution in [3.8, 4) is 6.07 Å². The first-order valence-electron chi connectivity index (χ1n) is 12.7. The van der Waals surface area contributed by atoms with E-state index in [4.69, 9.17) is 5.26 Å². The van der Waals surface area contributed by atoms with Crippen LogP contribution >= 0.6 is 0 Å². The zero-order valence-corrected chi connectivity index (χ0v) is 19.6. The van der Waals surface area contributed by atoms with Crippen LogP contribution in [0.15, 0.2) is 12.3 Å². The Balaban J connectivity index is 1.30. The fourth-order valence-electron chi connectivity index (χ4n) is 9.05. The number of hydrogen-bond donors (Lipinski definition) is 1. The second-order valence-corrected chi connectivity index (χ2v) is 12.1. The van der Waals surface area contributed by atoms with Gasteiger partial charge < -0.3 is 5.11 Å². The first kappa shape index (κ1) is 21.4. The molecule has 0 amide bonds. The molecular formula is C27H39N3O. The largest absolute Gasteiger partial charge is 0.390 e. The Morgan fingerprint density at radius 1 is 1.10 bits per heavy atom. The molecule has 1 aromatic rings. The number of hydrogen-bond acceptors (Lipinski definition) is 4. The molecule has 9 atom stereocenters. The van der Waals surface area contributed by atoms with Crippen molar-refractivity contribution in [2.45, 2.75) is 90.6 Å². The van der Waals surface area contributed by atoms with E-state index in [0.29, 0.717) is 17.0 Å². The standard InChI is InChI=1S/C27H39N3O/c1-17(14-25-29-13-10-19(16-28)30-25)23-6-7-24-22-5-4-18-15-26(2,31)11-8-20(18)21(22)9-12-27(23,24)3/h10,13,17-18,20-24,31H,4-9,11-12,14-15H2,1-3H3/t17-,18-,20+,21-,22-,23?,24+,26-,27-/m1/s1. The van der Waals surface area contributed by atoms with Gasteiger partial charge in [-0.05, 0) is 118 Å².